The van der Waals surface area contributed by atoms with Gasteiger partial charge in [0.25, 0.3) is 0 Å². The molecule has 7 nitrogen and oxygen atoms in total. The van der Waals surface area contributed by atoms with Gasteiger partial charge in [-0.15, -0.1) is 0 Å². The Morgan fingerprint density at radius 2 is 1.66 bits per heavy atom. The highest BCUT2D eigenvalue weighted by atomic mass is 16.5. The van der Waals surface area contributed by atoms with E-state index in [0.29, 0.717) is 11.7 Å². The lowest BCUT2D eigenvalue weighted by Gasteiger charge is -2.13. The van der Waals surface area contributed by atoms with E-state index in [9.17, 15) is 0 Å². The summed E-state index contributed by atoms with van der Waals surface area (Å²) in [6.07, 6.45) is 0.819. The van der Waals surface area contributed by atoms with Crippen molar-refractivity contribution < 1.29 is 14.2 Å². The Morgan fingerprint density at radius 3 is 2.41 bits per heavy atom. The summed E-state index contributed by atoms with van der Waals surface area (Å²) in [6.45, 7) is 2.65. The van der Waals surface area contributed by atoms with Crippen molar-refractivity contribution in [2.24, 2.45) is 0 Å². The zero-order valence-electron chi connectivity index (χ0n) is 17.2. The molecule has 0 bridgehead atoms. The number of rotatable bonds is 9. The molecule has 3 aromatic rings. The molecule has 0 aliphatic heterocycles. The van der Waals surface area contributed by atoms with Crippen LogP contribution in [-0.4, -0.2) is 37.8 Å². The van der Waals surface area contributed by atoms with Crippen LogP contribution in [0.15, 0.2) is 48.5 Å². The van der Waals surface area contributed by atoms with Crippen LogP contribution < -0.4 is 24.8 Å². The Bertz CT molecular complexity index is 963. The van der Waals surface area contributed by atoms with Crippen LogP contribution in [-0.2, 0) is 6.42 Å². The fourth-order valence-corrected chi connectivity index (χ4v) is 2.98. The highest BCUT2D eigenvalue weighted by molar-refractivity contribution is 5.65. The second-order valence-electron chi connectivity index (χ2n) is 6.40. The van der Waals surface area contributed by atoms with E-state index in [1.807, 2.05) is 49.4 Å². The quantitative estimate of drug-likeness (QED) is 0.563. The number of anilines is 3. The van der Waals surface area contributed by atoms with Crippen molar-refractivity contribution >= 4 is 17.5 Å². The molecule has 0 unspecified atom stereocenters. The topological polar surface area (TPSA) is 77.5 Å². The number of para-hydroxylation sites is 1. The van der Waals surface area contributed by atoms with Crippen LogP contribution >= 0.6 is 0 Å². The highest BCUT2D eigenvalue weighted by Crippen LogP contribution is 2.31. The Balaban J connectivity index is 1.72. The van der Waals surface area contributed by atoms with Gasteiger partial charge in [-0.05, 0) is 37.1 Å². The van der Waals surface area contributed by atoms with Gasteiger partial charge in [-0.2, -0.15) is 4.98 Å². The molecule has 7 heteroatoms. The first-order chi connectivity index (χ1) is 14.1. The highest BCUT2D eigenvalue weighted by Gasteiger charge is 2.09. The molecule has 0 fully saturated rings. The van der Waals surface area contributed by atoms with Gasteiger partial charge < -0.3 is 24.8 Å². The van der Waals surface area contributed by atoms with E-state index < -0.39 is 0 Å². The van der Waals surface area contributed by atoms with Gasteiger partial charge in [0.15, 0.2) is 0 Å². The number of nitrogens with zero attached hydrogens (tertiary/aromatic N) is 2. The summed E-state index contributed by atoms with van der Waals surface area (Å²) in [6, 6.07) is 15.4. The number of hydrogen-bond acceptors (Lipinski definition) is 7. The van der Waals surface area contributed by atoms with Gasteiger partial charge in [-0.25, -0.2) is 4.98 Å². The van der Waals surface area contributed by atoms with Crippen molar-refractivity contribution in [1.29, 1.82) is 0 Å². The summed E-state index contributed by atoms with van der Waals surface area (Å²) in [4.78, 5) is 9.05. The molecule has 0 radical (unpaired) electrons. The molecule has 0 saturated heterocycles. The minimum atomic E-state index is 0.483. The smallest absolute Gasteiger partial charge is 0.229 e. The maximum atomic E-state index is 5.41. The summed E-state index contributed by atoms with van der Waals surface area (Å²) in [7, 11) is 4.93. The van der Waals surface area contributed by atoms with Crippen LogP contribution in [0.1, 0.15) is 11.3 Å². The van der Waals surface area contributed by atoms with Gasteiger partial charge >= 0.3 is 0 Å². The van der Waals surface area contributed by atoms with Gasteiger partial charge in [0.2, 0.25) is 5.95 Å². The molecule has 0 amide bonds. The fourth-order valence-electron chi connectivity index (χ4n) is 2.98. The average molecular weight is 394 g/mol. The zero-order chi connectivity index (χ0) is 20.6. The number of hydrogen-bond donors (Lipinski definition) is 2. The van der Waals surface area contributed by atoms with E-state index in [1.54, 1.807) is 21.3 Å². The first-order valence-electron chi connectivity index (χ1n) is 9.33. The second-order valence-corrected chi connectivity index (χ2v) is 6.40. The molecule has 0 saturated carbocycles. The van der Waals surface area contributed by atoms with Crippen molar-refractivity contribution in [3.63, 3.8) is 0 Å². The number of aryl methyl sites for hydroxylation is 1. The lowest BCUT2D eigenvalue weighted by atomic mass is 10.1. The molecule has 152 valence electrons. The normalized spacial score (nSPS) is 10.3. The summed E-state index contributed by atoms with van der Waals surface area (Å²) in [5.41, 5.74) is 2.73. The molecular weight excluding hydrogens is 368 g/mol. The monoisotopic (exact) mass is 394 g/mol. The molecule has 1 aromatic heterocycles. The van der Waals surface area contributed by atoms with Crippen LogP contribution in [0.4, 0.5) is 17.5 Å². The largest absolute Gasteiger partial charge is 0.497 e. The fraction of sp³-hybridized carbons (Fsp3) is 0.273. The van der Waals surface area contributed by atoms with Crippen molar-refractivity contribution in [2.75, 3.05) is 38.5 Å². The third kappa shape index (κ3) is 5.28. The van der Waals surface area contributed by atoms with Gasteiger partial charge in [0.05, 0.1) is 27.0 Å². The molecule has 0 atom stereocenters. The van der Waals surface area contributed by atoms with Crippen molar-refractivity contribution in [3.05, 3.63) is 59.8 Å². The molecule has 0 spiro atoms. The van der Waals surface area contributed by atoms with Crippen LogP contribution in [0.25, 0.3) is 0 Å². The Hall–Kier alpha value is -3.48. The molecule has 0 aliphatic carbocycles. The van der Waals surface area contributed by atoms with Crippen LogP contribution in [0.2, 0.25) is 0 Å². The van der Waals surface area contributed by atoms with Crippen molar-refractivity contribution in [3.8, 4) is 17.2 Å². The van der Waals surface area contributed by atoms with Crippen molar-refractivity contribution in [1.82, 2.24) is 9.97 Å². The van der Waals surface area contributed by atoms with Gasteiger partial charge in [-0.1, -0.05) is 18.2 Å². The Kier molecular flexibility index (Phi) is 6.73. The van der Waals surface area contributed by atoms with E-state index in [4.69, 9.17) is 14.2 Å². The van der Waals surface area contributed by atoms with E-state index in [0.717, 1.165) is 47.2 Å². The first kappa shape index (κ1) is 20.3. The molecule has 2 aromatic carbocycles. The number of nitrogens with one attached hydrogen (secondary N) is 2. The summed E-state index contributed by atoms with van der Waals surface area (Å²) in [5, 5.41) is 6.58. The molecule has 29 heavy (non-hydrogen) atoms. The number of ether oxygens (including phenoxy) is 3. The standard InChI is InChI=1S/C22H26N4O3/c1-15-13-21(23-12-11-16-7-5-6-8-19(16)28-3)26-22(24-15)25-18-14-17(27-2)9-10-20(18)29-4/h5-10,13-14H,11-12H2,1-4H3,(H2,23,24,25,26). The Labute approximate surface area is 171 Å². The van der Waals surface area contributed by atoms with Crippen LogP contribution in [0.3, 0.4) is 0 Å². The second kappa shape index (κ2) is 9.64. The van der Waals surface area contributed by atoms with Crippen LogP contribution in [0.5, 0.6) is 17.2 Å². The zero-order valence-corrected chi connectivity index (χ0v) is 17.2. The summed E-state index contributed by atoms with van der Waals surface area (Å²) < 4.78 is 16.1. The lowest BCUT2D eigenvalue weighted by molar-refractivity contribution is 0.405. The molecular formula is C22H26N4O3. The minimum Gasteiger partial charge on any atom is -0.497 e. The Morgan fingerprint density at radius 1 is 0.862 bits per heavy atom. The molecule has 3 rings (SSSR count). The van der Waals surface area contributed by atoms with Gasteiger partial charge in [0.1, 0.15) is 23.1 Å². The summed E-state index contributed by atoms with van der Waals surface area (Å²) >= 11 is 0. The first-order valence-corrected chi connectivity index (χ1v) is 9.33. The number of methoxy groups -OCH3 is 3. The van der Waals surface area contributed by atoms with Gasteiger partial charge in [-0.3, -0.25) is 0 Å². The molecule has 2 N–H and O–H groups in total. The van der Waals surface area contributed by atoms with E-state index in [2.05, 4.69) is 26.7 Å². The van der Waals surface area contributed by atoms with Crippen LogP contribution in [0, 0.1) is 6.92 Å². The predicted octanol–water partition coefficient (Wildman–Crippen LogP) is 4.21. The van der Waals surface area contributed by atoms with E-state index in [1.165, 1.54) is 0 Å². The van der Waals surface area contributed by atoms with E-state index >= 15 is 0 Å². The maximum Gasteiger partial charge on any atom is 0.229 e. The van der Waals surface area contributed by atoms with Gasteiger partial charge in [0, 0.05) is 24.4 Å². The predicted molar refractivity (Wildman–Crippen MR) is 115 cm³/mol. The number of aromatic nitrogens is 2. The SMILES string of the molecule is COc1ccc(OC)c(Nc2nc(C)cc(NCCc3ccccc3OC)n2)c1. The summed E-state index contributed by atoms with van der Waals surface area (Å²) in [5.74, 6) is 3.52. The lowest BCUT2D eigenvalue weighted by Crippen LogP contribution is -2.09. The number of benzene rings is 2. The maximum absolute atomic E-state index is 5.41. The molecule has 1 heterocycles. The minimum absolute atomic E-state index is 0.483. The third-order valence-corrected chi connectivity index (χ3v) is 4.40. The average Bonchev–Trinajstić information content (AvgIpc) is 2.73. The van der Waals surface area contributed by atoms with Crippen molar-refractivity contribution in [2.45, 2.75) is 13.3 Å². The van der Waals surface area contributed by atoms with E-state index in [-0.39, 0.29) is 0 Å². The molecule has 0 aliphatic rings. The third-order valence-electron chi connectivity index (χ3n) is 4.40.